The molecule has 5 heteroatoms. The Morgan fingerprint density at radius 3 is 2.90 bits per heavy atom. The molecule has 102 valence electrons. The molecule has 3 aromatic rings. The summed E-state index contributed by atoms with van der Waals surface area (Å²) in [5, 5.41) is 0. The maximum Gasteiger partial charge on any atom is 0.153 e. The highest BCUT2D eigenvalue weighted by molar-refractivity contribution is 7.80. The molecule has 1 unspecified atom stereocenters. The summed E-state index contributed by atoms with van der Waals surface area (Å²) >= 11 is 4.43. The molecular weight excluding hydrogens is 270 g/mol. The number of benzene rings is 1. The third kappa shape index (κ3) is 1.85. The zero-order chi connectivity index (χ0) is 13.5. The summed E-state index contributed by atoms with van der Waals surface area (Å²) in [4.78, 5) is 7.10. The van der Waals surface area contributed by atoms with Gasteiger partial charge in [-0.3, -0.25) is 0 Å². The number of hydrogen-bond donors (Lipinski definition) is 1. The van der Waals surface area contributed by atoms with Crippen LogP contribution in [0.5, 0.6) is 0 Å². The van der Waals surface area contributed by atoms with Crippen molar-refractivity contribution in [2.45, 2.75) is 5.44 Å². The van der Waals surface area contributed by atoms with Crippen LogP contribution in [0.15, 0.2) is 42.6 Å². The molecule has 4 nitrogen and oxygen atoms in total. The number of fused-ring (bicyclic) bond motifs is 3. The van der Waals surface area contributed by atoms with Gasteiger partial charge in [0.2, 0.25) is 0 Å². The van der Waals surface area contributed by atoms with E-state index in [9.17, 15) is 0 Å². The average molecular weight is 285 g/mol. The molecule has 1 aliphatic rings. The first-order chi connectivity index (χ1) is 9.83. The highest BCUT2D eigenvalue weighted by atomic mass is 32.1. The SMILES string of the molecule is SC1CN(c2nc3ccccc3n3cccc23)CCO1. The normalized spacial score (nSPS) is 19.9. The standard InChI is InChI=1S/C15H15N3OS/c20-14-10-17(8-9-19-14)15-13-6-3-7-18(13)12-5-2-1-4-11(12)16-15/h1-7,14,20H,8-10H2. The molecule has 4 rings (SSSR count). The van der Waals surface area contributed by atoms with Crippen LogP contribution in [0, 0.1) is 0 Å². The van der Waals surface area contributed by atoms with Crippen molar-refractivity contribution in [1.29, 1.82) is 0 Å². The third-order valence-corrected chi connectivity index (χ3v) is 4.01. The van der Waals surface area contributed by atoms with Gasteiger partial charge in [0.05, 0.1) is 29.7 Å². The number of nitrogens with zero attached hydrogens (tertiary/aromatic N) is 3. The van der Waals surface area contributed by atoms with Crippen molar-refractivity contribution in [3.8, 4) is 0 Å². The maximum atomic E-state index is 5.50. The average Bonchev–Trinajstić information content (AvgIpc) is 2.96. The number of ether oxygens (including phenoxy) is 1. The van der Waals surface area contributed by atoms with E-state index in [1.807, 2.05) is 12.1 Å². The van der Waals surface area contributed by atoms with E-state index in [0.29, 0.717) is 6.61 Å². The van der Waals surface area contributed by atoms with Crippen molar-refractivity contribution in [1.82, 2.24) is 9.38 Å². The van der Waals surface area contributed by atoms with Crippen LogP contribution in [0.25, 0.3) is 16.6 Å². The van der Waals surface area contributed by atoms with E-state index < -0.39 is 0 Å². The second kappa shape index (κ2) is 4.68. The van der Waals surface area contributed by atoms with Crippen LogP contribution in [0.1, 0.15) is 0 Å². The first-order valence-corrected chi connectivity index (χ1v) is 7.25. The Bertz CT molecular complexity index is 770. The van der Waals surface area contributed by atoms with Crippen LogP contribution in [0.2, 0.25) is 0 Å². The smallest absolute Gasteiger partial charge is 0.153 e. The summed E-state index contributed by atoms with van der Waals surface area (Å²) in [5.41, 5.74) is 3.22. The van der Waals surface area contributed by atoms with Gasteiger partial charge in [0.25, 0.3) is 0 Å². The van der Waals surface area contributed by atoms with Crippen molar-refractivity contribution in [3.63, 3.8) is 0 Å². The number of anilines is 1. The summed E-state index contributed by atoms with van der Waals surface area (Å²) in [6.45, 7) is 2.30. The van der Waals surface area contributed by atoms with Gasteiger partial charge in [-0.15, -0.1) is 12.6 Å². The molecule has 0 amide bonds. The molecule has 1 atom stereocenters. The fourth-order valence-corrected chi connectivity index (χ4v) is 3.07. The summed E-state index contributed by atoms with van der Waals surface area (Å²) in [6.07, 6.45) is 2.08. The van der Waals surface area contributed by atoms with Gasteiger partial charge in [-0.05, 0) is 24.3 Å². The fraction of sp³-hybridized carbons (Fsp3) is 0.267. The summed E-state index contributed by atoms with van der Waals surface area (Å²) < 4.78 is 7.69. The second-order valence-electron chi connectivity index (χ2n) is 4.96. The van der Waals surface area contributed by atoms with E-state index in [1.54, 1.807) is 0 Å². The predicted octanol–water partition coefficient (Wildman–Crippen LogP) is 2.58. The van der Waals surface area contributed by atoms with Gasteiger partial charge in [-0.1, -0.05) is 12.1 Å². The van der Waals surface area contributed by atoms with Crippen LogP contribution in [-0.4, -0.2) is 34.5 Å². The second-order valence-corrected chi connectivity index (χ2v) is 5.53. The number of morpholine rings is 1. The Morgan fingerprint density at radius 1 is 1.15 bits per heavy atom. The Labute approximate surface area is 122 Å². The summed E-state index contributed by atoms with van der Waals surface area (Å²) in [5.74, 6) is 1.01. The van der Waals surface area contributed by atoms with Gasteiger partial charge in [0, 0.05) is 12.7 Å². The lowest BCUT2D eigenvalue weighted by Crippen LogP contribution is -2.40. The van der Waals surface area contributed by atoms with Gasteiger partial charge in [-0.2, -0.15) is 0 Å². The van der Waals surface area contributed by atoms with Crippen LogP contribution in [0.3, 0.4) is 0 Å². The Balaban J connectivity index is 1.94. The van der Waals surface area contributed by atoms with Gasteiger partial charge in [0.15, 0.2) is 5.82 Å². The fourth-order valence-electron chi connectivity index (χ4n) is 2.76. The largest absolute Gasteiger partial charge is 0.364 e. The van der Waals surface area contributed by atoms with E-state index in [-0.39, 0.29) is 5.44 Å². The van der Waals surface area contributed by atoms with E-state index in [1.165, 1.54) is 0 Å². The minimum absolute atomic E-state index is 0.0490. The van der Waals surface area contributed by atoms with Gasteiger partial charge < -0.3 is 14.0 Å². The quantitative estimate of drug-likeness (QED) is 0.697. The molecule has 0 bridgehead atoms. The van der Waals surface area contributed by atoms with Gasteiger partial charge in [-0.25, -0.2) is 4.98 Å². The molecule has 0 N–H and O–H groups in total. The molecule has 1 aromatic carbocycles. The first-order valence-electron chi connectivity index (χ1n) is 6.73. The molecule has 0 aliphatic carbocycles. The highest BCUT2D eigenvalue weighted by Gasteiger charge is 2.21. The molecule has 3 heterocycles. The lowest BCUT2D eigenvalue weighted by molar-refractivity contribution is 0.0995. The zero-order valence-corrected chi connectivity index (χ0v) is 11.8. The minimum atomic E-state index is -0.0490. The molecule has 0 radical (unpaired) electrons. The topological polar surface area (TPSA) is 29.8 Å². The van der Waals surface area contributed by atoms with Crippen LogP contribution in [-0.2, 0) is 4.74 Å². The monoisotopic (exact) mass is 285 g/mol. The highest BCUT2D eigenvalue weighted by Crippen LogP contribution is 2.26. The van der Waals surface area contributed by atoms with E-state index >= 15 is 0 Å². The molecule has 1 fully saturated rings. The lowest BCUT2D eigenvalue weighted by Gasteiger charge is -2.32. The van der Waals surface area contributed by atoms with Crippen molar-refractivity contribution >= 4 is 35.0 Å². The Kier molecular flexibility index (Phi) is 2.82. The zero-order valence-electron chi connectivity index (χ0n) is 10.9. The first kappa shape index (κ1) is 12.1. The summed E-state index contributed by atoms with van der Waals surface area (Å²) in [7, 11) is 0. The number of rotatable bonds is 1. The van der Waals surface area contributed by atoms with Crippen molar-refractivity contribution in [2.24, 2.45) is 0 Å². The number of thiol groups is 1. The van der Waals surface area contributed by atoms with Crippen molar-refractivity contribution in [3.05, 3.63) is 42.6 Å². The van der Waals surface area contributed by atoms with Crippen LogP contribution < -0.4 is 4.90 Å². The third-order valence-electron chi connectivity index (χ3n) is 3.69. The molecule has 0 spiro atoms. The summed E-state index contributed by atoms with van der Waals surface area (Å²) in [6, 6.07) is 12.4. The molecule has 0 saturated carbocycles. The van der Waals surface area contributed by atoms with Crippen molar-refractivity contribution in [2.75, 3.05) is 24.6 Å². The Morgan fingerprint density at radius 2 is 2.00 bits per heavy atom. The maximum absolute atomic E-state index is 5.50. The minimum Gasteiger partial charge on any atom is -0.364 e. The molecule has 2 aromatic heterocycles. The molecule has 20 heavy (non-hydrogen) atoms. The molecular formula is C15H15N3OS. The predicted molar refractivity (Wildman–Crippen MR) is 83.6 cm³/mol. The Hall–Kier alpha value is -1.72. The molecule has 1 saturated heterocycles. The van der Waals surface area contributed by atoms with Crippen LogP contribution >= 0.6 is 12.6 Å². The number of aromatic nitrogens is 2. The number of para-hydroxylation sites is 2. The lowest BCUT2D eigenvalue weighted by atomic mass is 10.3. The van der Waals surface area contributed by atoms with Gasteiger partial charge >= 0.3 is 0 Å². The van der Waals surface area contributed by atoms with Gasteiger partial charge in [0.1, 0.15) is 5.44 Å². The van der Waals surface area contributed by atoms with E-state index in [4.69, 9.17) is 9.72 Å². The van der Waals surface area contributed by atoms with E-state index in [2.05, 4.69) is 52.4 Å². The molecule has 1 aliphatic heterocycles. The van der Waals surface area contributed by atoms with Crippen molar-refractivity contribution < 1.29 is 4.74 Å². The van der Waals surface area contributed by atoms with Crippen LogP contribution in [0.4, 0.5) is 5.82 Å². The number of hydrogen-bond acceptors (Lipinski definition) is 4. The van der Waals surface area contributed by atoms with E-state index in [0.717, 1.165) is 35.5 Å².